The Morgan fingerprint density at radius 3 is 1.35 bits per heavy atom. The van der Waals surface area contributed by atoms with Crippen LogP contribution in [0.5, 0.6) is 0 Å². The molecule has 0 bridgehead atoms. The Morgan fingerprint density at radius 2 is 1.09 bits per heavy atom. The van der Waals surface area contributed by atoms with Crippen LogP contribution in [0, 0.1) is 40.4 Å². The van der Waals surface area contributed by atoms with Crippen LogP contribution in [0.25, 0.3) is 0 Å². The molecule has 0 fully saturated rings. The average molecular weight is 476 g/mol. The molecule has 0 aliphatic carbocycles. The van der Waals surface area contributed by atoms with Crippen molar-refractivity contribution in [2.75, 3.05) is 32.7 Å². The number of carboxylic acids is 4. The van der Waals surface area contributed by atoms with Crippen LogP contribution >= 0.6 is 0 Å². The normalized spacial score (nSPS) is 11.3. The average Bonchev–Trinajstić information content (AvgIpc) is 2.24. The Labute approximate surface area is 187 Å². The number of aliphatic carboxylic acids is 4. The van der Waals surface area contributed by atoms with Crippen LogP contribution < -0.4 is 50.0 Å². The summed E-state index contributed by atoms with van der Waals surface area (Å²) in [6.07, 6.45) is 0. The van der Waals surface area contributed by atoms with Gasteiger partial charge in [-0.25, -0.2) is 0 Å². The summed E-state index contributed by atoms with van der Waals surface area (Å²) in [4.78, 5) is 44.0. The fourth-order valence-corrected chi connectivity index (χ4v) is 1.74. The topological polar surface area (TPSA) is 167 Å². The van der Waals surface area contributed by atoms with Gasteiger partial charge in [0.2, 0.25) is 0 Å². The van der Waals surface area contributed by atoms with E-state index in [4.69, 9.17) is 0 Å². The summed E-state index contributed by atoms with van der Waals surface area (Å²) in [5, 5.41) is 42.1. The molecule has 0 heterocycles. The van der Waals surface area contributed by atoms with E-state index in [2.05, 4.69) is 0 Å². The predicted molar refractivity (Wildman–Crippen MR) is 57.5 cm³/mol. The zero-order chi connectivity index (χ0) is 16.6. The van der Waals surface area contributed by atoms with Crippen molar-refractivity contribution < 1.29 is 110 Å². The van der Waals surface area contributed by atoms with Gasteiger partial charge in [-0.05, 0) is 6.92 Å². The van der Waals surface area contributed by atoms with Gasteiger partial charge in [-0.3, -0.25) is 9.80 Å². The monoisotopic (exact) mass is 477 g/mol. The fraction of sp³-hybridized carbons (Fsp3) is 0.636. The van der Waals surface area contributed by atoms with E-state index < -0.39 is 56.1 Å². The molecule has 0 aromatic heterocycles. The van der Waals surface area contributed by atoms with Crippen molar-refractivity contribution in [1.82, 2.24) is 9.80 Å². The molecule has 0 saturated heterocycles. The Balaban J connectivity index is -0.00000200. The number of rotatable bonds is 11. The maximum atomic E-state index is 10.5. The molecule has 1 radical (unpaired) electrons. The summed E-state index contributed by atoms with van der Waals surface area (Å²) in [5.74, 6) is -6.13. The Morgan fingerprint density at radius 1 is 0.783 bits per heavy atom. The van der Waals surface area contributed by atoms with E-state index >= 15 is 0 Å². The standard InChI is InChI=1S/C11H18N2O8.Na.Sm/c1-7(13(5-10(18)19)6-11(20)21)2-12(3-8(14)15)4-9(16)17;;/h7H,2-6H2,1H3,(H,14,15)(H,16,17)(H,18,19)(H,20,21);;/q;+1;+3/p-4/t7-;;/m1../s1. The van der Waals surface area contributed by atoms with Crippen LogP contribution in [0.3, 0.4) is 0 Å². The summed E-state index contributed by atoms with van der Waals surface area (Å²) in [5.41, 5.74) is 0. The van der Waals surface area contributed by atoms with E-state index in [-0.39, 0.29) is 76.5 Å². The molecule has 0 amide bonds. The molecular formula is C11H14N2NaO8Sm. The van der Waals surface area contributed by atoms with Gasteiger partial charge in [-0.1, -0.05) is 0 Å². The summed E-state index contributed by atoms with van der Waals surface area (Å²) < 4.78 is 0. The molecule has 23 heavy (non-hydrogen) atoms. The van der Waals surface area contributed by atoms with Crippen LogP contribution in [0.1, 0.15) is 6.92 Å². The fourth-order valence-electron chi connectivity index (χ4n) is 1.74. The molecular weight excluding hydrogens is 461 g/mol. The molecule has 0 saturated carbocycles. The molecule has 0 aromatic rings. The number of nitrogens with zero attached hydrogens (tertiary/aromatic N) is 2. The maximum Gasteiger partial charge on any atom is 3.00 e. The van der Waals surface area contributed by atoms with Crippen molar-refractivity contribution in [2.24, 2.45) is 0 Å². The Bertz CT molecular complexity index is 391. The van der Waals surface area contributed by atoms with Crippen molar-refractivity contribution in [3.8, 4) is 0 Å². The number of hydrogen-bond acceptors (Lipinski definition) is 10. The summed E-state index contributed by atoms with van der Waals surface area (Å²) in [6.45, 7) is -1.70. The minimum atomic E-state index is -1.53. The molecule has 0 spiro atoms. The first-order valence-electron chi connectivity index (χ1n) is 5.87. The molecule has 12 heteroatoms. The van der Waals surface area contributed by atoms with E-state index in [1.54, 1.807) is 0 Å². The third kappa shape index (κ3) is 15.4. The zero-order valence-corrected chi connectivity index (χ0v) is 17.3. The summed E-state index contributed by atoms with van der Waals surface area (Å²) in [7, 11) is 0. The molecule has 0 rings (SSSR count). The summed E-state index contributed by atoms with van der Waals surface area (Å²) >= 11 is 0. The van der Waals surface area contributed by atoms with Crippen molar-refractivity contribution in [3.05, 3.63) is 0 Å². The van der Waals surface area contributed by atoms with Gasteiger partial charge in [0, 0.05) is 38.8 Å². The maximum absolute atomic E-state index is 10.5. The van der Waals surface area contributed by atoms with Crippen LogP contribution in [0.15, 0.2) is 0 Å². The van der Waals surface area contributed by atoms with E-state index in [0.717, 1.165) is 9.80 Å². The molecule has 10 nitrogen and oxygen atoms in total. The van der Waals surface area contributed by atoms with Crippen molar-refractivity contribution in [2.45, 2.75) is 13.0 Å². The number of hydrogen-bond donors (Lipinski definition) is 0. The smallest absolute Gasteiger partial charge is 0.549 e. The van der Waals surface area contributed by atoms with Gasteiger partial charge in [0.1, 0.15) is 0 Å². The first kappa shape index (κ1) is 28.0. The van der Waals surface area contributed by atoms with Gasteiger partial charge >= 0.3 is 69.9 Å². The summed E-state index contributed by atoms with van der Waals surface area (Å²) in [6, 6.07) is -0.778. The molecule has 0 unspecified atom stereocenters. The van der Waals surface area contributed by atoms with E-state index in [9.17, 15) is 39.6 Å². The largest absolute Gasteiger partial charge is 3.00 e. The van der Waals surface area contributed by atoms with Crippen molar-refractivity contribution >= 4 is 23.9 Å². The van der Waals surface area contributed by atoms with Crippen LogP contribution in [-0.2, 0) is 19.2 Å². The SMILES string of the molecule is C[C@H](CN(CC(=O)[O-])CC(=O)[O-])N(CC(=O)[O-])CC(=O)[O-].[Na+].[Sm+3]. The van der Waals surface area contributed by atoms with Gasteiger partial charge in [0.15, 0.2) is 0 Å². The minimum Gasteiger partial charge on any atom is -0.549 e. The van der Waals surface area contributed by atoms with E-state index in [1.807, 2.05) is 0 Å². The molecule has 0 aliphatic heterocycles. The molecule has 0 aliphatic rings. The Kier molecular flexibility index (Phi) is 17.6. The van der Waals surface area contributed by atoms with Gasteiger partial charge in [0.05, 0.1) is 23.9 Å². The number of carboxylic acid groups (broad SMARTS) is 4. The number of carbonyl (C=O) groups excluding carboxylic acids is 4. The molecule has 0 N–H and O–H groups in total. The van der Waals surface area contributed by atoms with E-state index in [1.165, 1.54) is 6.92 Å². The molecule has 0 aromatic carbocycles. The second-order valence-corrected chi connectivity index (χ2v) is 4.41. The third-order valence-corrected chi connectivity index (χ3v) is 2.52. The van der Waals surface area contributed by atoms with Crippen LogP contribution in [-0.4, -0.2) is 72.4 Å². The predicted octanol–water partition coefficient (Wildman–Crippen LogP) is -10.0. The molecule has 123 valence electrons. The molecule has 1 atom stereocenters. The van der Waals surface area contributed by atoms with Gasteiger partial charge in [0.25, 0.3) is 0 Å². The second-order valence-electron chi connectivity index (χ2n) is 4.41. The first-order valence-corrected chi connectivity index (χ1v) is 5.87. The number of carbonyl (C=O) groups is 4. The minimum absolute atomic E-state index is 0. The van der Waals surface area contributed by atoms with Gasteiger partial charge < -0.3 is 39.6 Å². The van der Waals surface area contributed by atoms with Crippen LogP contribution in [0.4, 0.5) is 0 Å². The van der Waals surface area contributed by atoms with Crippen molar-refractivity contribution in [1.29, 1.82) is 0 Å². The third-order valence-electron chi connectivity index (χ3n) is 2.52. The van der Waals surface area contributed by atoms with E-state index in [0.29, 0.717) is 0 Å². The Hall–Kier alpha value is 0.138. The van der Waals surface area contributed by atoms with Crippen LogP contribution in [0.2, 0.25) is 0 Å². The zero-order valence-electron chi connectivity index (χ0n) is 12.7. The van der Waals surface area contributed by atoms with Crippen molar-refractivity contribution in [3.63, 3.8) is 0 Å². The van der Waals surface area contributed by atoms with Gasteiger partial charge in [-0.15, -0.1) is 0 Å². The van der Waals surface area contributed by atoms with Gasteiger partial charge in [-0.2, -0.15) is 0 Å². The quantitative estimate of drug-likeness (QED) is 0.262. The second kappa shape index (κ2) is 14.5. The first-order chi connectivity index (χ1) is 9.61.